The van der Waals surface area contributed by atoms with Gasteiger partial charge in [-0.15, -0.1) is 0 Å². The van der Waals surface area contributed by atoms with Crippen molar-refractivity contribution >= 4 is 16.7 Å². The van der Waals surface area contributed by atoms with Crippen molar-refractivity contribution in [1.29, 1.82) is 0 Å². The van der Waals surface area contributed by atoms with Crippen molar-refractivity contribution in [3.05, 3.63) is 100 Å². The fraction of sp³-hybridized carbons (Fsp3) is 0.250. The number of benzene rings is 3. The lowest BCUT2D eigenvalue weighted by Crippen LogP contribution is -2.40. The molecule has 4 aromatic rings. The van der Waals surface area contributed by atoms with Gasteiger partial charge in [0.1, 0.15) is 11.4 Å². The Bertz CT molecular complexity index is 1370. The first kappa shape index (κ1) is 21.9. The molecular formula is C28H27N3O3. The first-order valence-corrected chi connectivity index (χ1v) is 11.6. The highest BCUT2D eigenvalue weighted by Gasteiger charge is 2.27. The number of hydrogen-bond acceptors (Lipinski definition) is 4. The molecule has 1 aliphatic rings. The standard InChI is InChI=1S/C28H27N3O3/c1-34-25-14-8-7-13-24(25)31-27(32)23-12-6-5-11-22(23)26(29-31)28(33)30-17-15-21(16-18-30)19-20-9-3-2-4-10-20/h2-14,21H,15-19H2,1H3. The van der Waals surface area contributed by atoms with Gasteiger partial charge in [-0.2, -0.15) is 9.78 Å². The number of methoxy groups -OCH3 is 1. The molecule has 3 aromatic carbocycles. The molecule has 0 spiro atoms. The maximum Gasteiger partial charge on any atom is 0.279 e. The third-order valence-electron chi connectivity index (χ3n) is 6.59. The van der Waals surface area contributed by atoms with Gasteiger partial charge >= 0.3 is 0 Å². The van der Waals surface area contributed by atoms with Crippen molar-refractivity contribution in [1.82, 2.24) is 14.7 Å². The Morgan fingerprint density at radius 3 is 2.29 bits per heavy atom. The van der Waals surface area contributed by atoms with E-state index >= 15 is 0 Å². The SMILES string of the molecule is COc1ccccc1-n1nc(C(=O)N2CCC(Cc3ccccc3)CC2)c2ccccc2c1=O. The molecule has 0 atom stereocenters. The fourth-order valence-corrected chi connectivity index (χ4v) is 4.75. The summed E-state index contributed by atoms with van der Waals surface area (Å²) in [5, 5.41) is 5.62. The molecule has 5 rings (SSSR count). The lowest BCUT2D eigenvalue weighted by molar-refractivity contribution is 0.0685. The van der Waals surface area contributed by atoms with E-state index in [0.29, 0.717) is 46.9 Å². The minimum absolute atomic E-state index is 0.141. The second kappa shape index (κ2) is 9.51. The van der Waals surface area contributed by atoms with Crippen LogP contribution in [0.1, 0.15) is 28.9 Å². The number of amides is 1. The summed E-state index contributed by atoms with van der Waals surface area (Å²) in [6.07, 6.45) is 2.93. The zero-order valence-electron chi connectivity index (χ0n) is 19.2. The summed E-state index contributed by atoms with van der Waals surface area (Å²) in [4.78, 5) is 28.8. The average Bonchev–Trinajstić information content (AvgIpc) is 2.90. The number of hydrogen-bond donors (Lipinski definition) is 0. The number of rotatable bonds is 5. The van der Waals surface area contributed by atoms with Crippen LogP contribution in [0, 0.1) is 5.92 Å². The van der Waals surface area contributed by atoms with E-state index in [1.54, 1.807) is 37.4 Å². The number of piperidine rings is 1. The average molecular weight is 454 g/mol. The largest absolute Gasteiger partial charge is 0.494 e. The molecule has 0 saturated carbocycles. The summed E-state index contributed by atoms with van der Waals surface area (Å²) < 4.78 is 6.74. The first-order valence-electron chi connectivity index (χ1n) is 11.6. The highest BCUT2D eigenvalue weighted by molar-refractivity contribution is 6.04. The summed E-state index contributed by atoms with van der Waals surface area (Å²) in [7, 11) is 1.55. The van der Waals surface area contributed by atoms with E-state index in [1.165, 1.54) is 10.2 Å². The Labute approximate surface area is 198 Å². The van der Waals surface area contributed by atoms with E-state index < -0.39 is 0 Å². The van der Waals surface area contributed by atoms with Gasteiger partial charge in [0.05, 0.1) is 12.5 Å². The number of carbonyl (C=O) groups excluding carboxylic acids is 1. The Morgan fingerprint density at radius 2 is 1.56 bits per heavy atom. The fourth-order valence-electron chi connectivity index (χ4n) is 4.75. The van der Waals surface area contributed by atoms with Gasteiger partial charge in [-0.1, -0.05) is 60.7 Å². The van der Waals surface area contributed by atoms with E-state index in [1.807, 2.05) is 29.2 Å². The molecule has 0 N–H and O–H groups in total. The molecule has 2 heterocycles. The lowest BCUT2D eigenvalue weighted by Gasteiger charge is -2.32. The highest BCUT2D eigenvalue weighted by atomic mass is 16.5. The summed E-state index contributed by atoms with van der Waals surface area (Å²) in [5.41, 5.74) is 1.86. The predicted molar refractivity (Wildman–Crippen MR) is 133 cm³/mol. The van der Waals surface area contributed by atoms with E-state index in [2.05, 4.69) is 29.4 Å². The maximum absolute atomic E-state index is 13.6. The predicted octanol–water partition coefficient (Wildman–Crippen LogP) is 4.49. The number of nitrogens with zero attached hydrogens (tertiary/aromatic N) is 3. The third-order valence-corrected chi connectivity index (χ3v) is 6.59. The van der Waals surface area contributed by atoms with E-state index in [0.717, 1.165) is 19.3 Å². The Balaban J connectivity index is 1.46. The molecule has 0 radical (unpaired) electrons. The van der Waals surface area contributed by atoms with Crippen molar-refractivity contribution in [3.63, 3.8) is 0 Å². The molecule has 1 aliphatic heterocycles. The van der Waals surface area contributed by atoms with Crippen LogP contribution in [0.4, 0.5) is 0 Å². The molecule has 172 valence electrons. The van der Waals surface area contributed by atoms with Crippen LogP contribution in [0.2, 0.25) is 0 Å². The smallest absolute Gasteiger partial charge is 0.279 e. The summed E-state index contributed by atoms with van der Waals surface area (Å²) in [6, 6.07) is 24.9. The topological polar surface area (TPSA) is 64.4 Å². The number of aromatic nitrogens is 2. The van der Waals surface area contributed by atoms with Crippen LogP contribution in [-0.2, 0) is 6.42 Å². The minimum atomic E-state index is -0.279. The molecule has 6 nitrogen and oxygen atoms in total. The molecule has 0 bridgehead atoms. The van der Waals surface area contributed by atoms with Gasteiger partial charge in [0.15, 0.2) is 5.69 Å². The van der Waals surface area contributed by atoms with Crippen LogP contribution in [0.3, 0.4) is 0 Å². The van der Waals surface area contributed by atoms with Gasteiger partial charge in [0.2, 0.25) is 0 Å². The second-order valence-corrected chi connectivity index (χ2v) is 8.71. The summed E-state index contributed by atoms with van der Waals surface area (Å²) in [5.74, 6) is 0.934. The number of ether oxygens (including phenoxy) is 1. The van der Waals surface area contributed by atoms with Crippen LogP contribution in [0.15, 0.2) is 83.7 Å². The molecule has 0 aliphatic carbocycles. The molecule has 0 unspecified atom stereocenters. The van der Waals surface area contributed by atoms with Gasteiger partial charge in [-0.25, -0.2) is 0 Å². The molecular weight excluding hydrogens is 426 g/mol. The van der Waals surface area contributed by atoms with Gasteiger partial charge in [-0.3, -0.25) is 9.59 Å². The van der Waals surface area contributed by atoms with Crippen LogP contribution in [-0.4, -0.2) is 40.8 Å². The van der Waals surface area contributed by atoms with E-state index in [-0.39, 0.29) is 11.5 Å². The molecule has 34 heavy (non-hydrogen) atoms. The quantitative estimate of drug-likeness (QED) is 0.447. The van der Waals surface area contributed by atoms with Crippen molar-refractivity contribution in [2.45, 2.75) is 19.3 Å². The maximum atomic E-state index is 13.6. The van der Waals surface area contributed by atoms with Crippen LogP contribution in [0.25, 0.3) is 16.5 Å². The minimum Gasteiger partial charge on any atom is -0.494 e. The van der Waals surface area contributed by atoms with Gasteiger partial charge in [-0.05, 0) is 48.9 Å². The van der Waals surface area contributed by atoms with Gasteiger partial charge in [0.25, 0.3) is 11.5 Å². The second-order valence-electron chi connectivity index (χ2n) is 8.71. The Morgan fingerprint density at radius 1 is 0.912 bits per heavy atom. The van der Waals surface area contributed by atoms with Crippen LogP contribution >= 0.6 is 0 Å². The summed E-state index contributed by atoms with van der Waals surface area (Å²) in [6.45, 7) is 1.36. The number of carbonyl (C=O) groups is 1. The molecule has 6 heteroatoms. The van der Waals surface area contributed by atoms with Crippen molar-refractivity contribution < 1.29 is 9.53 Å². The van der Waals surface area contributed by atoms with Crippen LogP contribution in [0.5, 0.6) is 5.75 Å². The zero-order valence-corrected chi connectivity index (χ0v) is 19.2. The zero-order chi connectivity index (χ0) is 23.5. The lowest BCUT2D eigenvalue weighted by atomic mass is 9.90. The number of likely N-dealkylation sites (tertiary alicyclic amines) is 1. The van der Waals surface area contributed by atoms with E-state index in [9.17, 15) is 9.59 Å². The normalized spacial score (nSPS) is 14.3. The van der Waals surface area contributed by atoms with E-state index in [4.69, 9.17) is 4.74 Å². The molecule has 1 amide bonds. The van der Waals surface area contributed by atoms with Crippen molar-refractivity contribution in [2.75, 3.05) is 20.2 Å². The van der Waals surface area contributed by atoms with Gasteiger partial charge < -0.3 is 9.64 Å². The Hall–Kier alpha value is -3.93. The van der Waals surface area contributed by atoms with Crippen molar-refractivity contribution in [2.24, 2.45) is 5.92 Å². The van der Waals surface area contributed by atoms with Gasteiger partial charge in [0, 0.05) is 18.5 Å². The highest BCUT2D eigenvalue weighted by Crippen LogP contribution is 2.25. The monoisotopic (exact) mass is 453 g/mol. The van der Waals surface area contributed by atoms with Crippen molar-refractivity contribution in [3.8, 4) is 11.4 Å². The van der Waals surface area contributed by atoms with Crippen LogP contribution < -0.4 is 10.3 Å². The molecule has 1 saturated heterocycles. The first-order chi connectivity index (χ1) is 16.7. The summed E-state index contributed by atoms with van der Waals surface area (Å²) >= 11 is 0. The number of para-hydroxylation sites is 2. The Kier molecular flexibility index (Phi) is 6.12. The molecule has 1 aromatic heterocycles. The third kappa shape index (κ3) is 4.19. The molecule has 1 fully saturated rings. The number of fused-ring (bicyclic) bond motifs is 1.